The highest BCUT2D eigenvalue weighted by atomic mass is 15.1. The van der Waals surface area contributed by atoms with Crippen LogP contribution in [0.1, 0.15) is 45.9 Å². The molecule has 0 aliphatic heterocycles. The molecule has 0 saturated heterocycles. The lowest BCUT2D eigenvalue weighted by Crippen LogP contribution is -2.28. The Morgan fingerprint density at radius 2 is 1.06 bits per heavy atom. The summed E-state index contributed by atoms with van der Waals surface area (Å²) in [6.45, 7) is 6.45. The number of hydrogen-bond donors (Lipinski definition) is 0. The van der Waals surface area contributed by atoms with Crippen molar-refractivity contribution in [1.82, 2.24) is 0 Å². The van der Waals surface area contributed by atoms with Crippen molar-refractivity contribution in [3.8, 4) is 34.6 Å². The molecule has 53 heavy (non-hydrogen) atoms. The summed E-state index contributed by atoms with van der Waals surface area (Å²) in [4.78, 5) is 2.40. The van der Waals surface area contributed by atoms with Gasteiger partial charge in [-0.1, -0.05) is 145 Å². The number of terminal acetylenes is 1. The van der Waals surface area contributed by atoms with E-state index in [1.165, 1.54) is 55.6 Å². The van der Waals surface area contributed by atoms with Crippen LogP contribution < -0.4 is 4.90 Å². The van der Waals surface area contributed by atoms with Crippen molar-refractivity contribution in [1.29, 1.82) is 0 Å². The molecule has 1 nitrogen and oxygen atoms in total. The third kappa shape index (κ3) is 5.80. The Hall–Kier alpha value is -6.62. The zero-order valence-corrected chi connectivity index (χ0v) is 30.4. The molecule has 254 valence electrons. The fourth-order valence-corrected chi connectivity index (χ4v) is 8.28. The summed E-state index contributed by atoms with van der Waals surface area (Å²) in [5.74, 6) is 2.63. The van der Waals surface area contributed by atoms with Gasteiger partial charge in [0.05, 0.1) is 5.41 Å². The van der Waals surface area contributed by atoms with Crippen LogP contribution in [-0.4, -0.2) is 0 Å². The molecule has 0 atom stereocenters. The average molecular weight is 680 g/mol. The highest BCUT2D eigenvalue weighted by Gasteiger charge is 2.46. The molecular weight excluding hydrogens is 639 g/mol. The molecule has 0 unspecified atom stereocenters. The lowest BCUT2D eigenvalue weighted by molar-refractivity contribution is 0.768. The first kappa shape index (κ1) is 33.5. The minimum absolute atomic E-state index is 0.491. The van der Waals surface area contributed by atoms with Crippen LogP contribution in [0.3, 0.4) is 0 Å². The van der Waals surface area contributed by atoms with Gasteiger partial charge in [-0.3, -0.25) is 0 Å². The van der Waals surface area contributed by atoms with E-state index < -0.39 is 5.41 Å². The maximum atomic E-state index is 5.56. The second-order valence-electron chi connectivity index (χ2n) is 13.7. The van der Waals surface area contributed by atoms with Crippen LogP contribution in [0, 0.1) is 26.2 Å². The summed E-state index contributed by atoms with van der Waals surface area (Å²) in [5.41, 5.74) is 17.6. The van der Waals surface area contributed by atoms with Gasteiger partial charge >= 0.3 is 0 Å². The van der Waals surface area contributed by atoms with Gasteiger partial charge in [0, 0.05) is 17.1 Å². The van der Waals surface area contributed by atoms with Crippen LogP contribution in [0.4, 0.5) is 17.1 Å². The van der Waals surface area contributed by atoms with Gasteiger partial charge in [0.15, 0.2) is 0 Å². The Bertz CT molecular complexity index is 2490. The number of rotatable bonds is 8. The first-order chi connectivity index (χ1) is 26.0. The number of anilines is 3. The Morgan fingerprint density at radius 1 is 0.528 bits per heavy atom. The van der Waals surface area contributed by atoms with E-state index in [1.54, 1.807) is 6.08 Å². The predicted molar refractivity (Wildman–Crippen MR) is 225 cm³/mol. The molecule has 0 bridgehead atoms. The third-order valence-electron chi connectivity index (χ3n) is 10.7. The highest BCUT2D eigenvalue weighted by Crippen LogP contribution is 2.57. The Morgan fingerprint density at radius 3 is 1.68 bits per heavy atom. The monoisotopic (exact) mass is 679 g/mol. The van der Waals surface area contributed by atoms with E-state index >= 15 is 0 Å². The molecule has 7 aromatic carbocycles. The van der Waals surface area contributed by atoms with Crippen molar-refractivity contribution in [2.24, 2.45) is 0 Å². The van der Waals surface area contributed by atoms with Gasteiger partial charge in [-0.05, 0) is 136 Å². The molecule has 0 N–H and O–H groups in total. The minimum Gasteiger partial charge on any atom is -0.310 e. The standard InChI is InChI=1S/C52H41N/c1-5-7-19-39(6-2)40-27-29-43(30-28-40)53(44-31-33-47(38(4)35-44)46-24-15-14-18-37(46)3)45-32-34-49-48-25-16-17-26-50(48)52(51(49)36-45,41-20-10-8-11-21-41)42-22-12-9-13-23-42/h1,6-36H,2-4H3/b19-7-,39-6+. The smallest absolute Gasteiger partial charge is 0.0714 e. The summed E-state index contributed by atoms with van der Waals surface area (Å²) < 4.78 is 0. The molecule has 8 rings (SSSR count). The maximum Gasteiger partial charge on any atom is 0.0714 e. The molecule has 1 aliphatic carbocycles. The van der Waals surface area contributed by atoms with Crippen LogP contribution in [-0.2, 0) is 5.41 Å². The van der Waals surface area contributed by atoms with Gasteiger partial charge in [0.1, 0.15) is 0 Å². The minimum atomic E-state index is -0.491. The van der Waals surface area contributed by atoms with Crippen molar-refractivity contribution < 1.29 is 0 Å². The molecule has 0 fully saturated rings. The number of hydrogen-bond acceptors (Lipinski definition) is 1. The van der Waals surface area contributed by atoms with Crippen LogP contribution in [0.15, 0.2) is 188 Å². The molecule has 7 aromatic rings. The number of aryl methyl sites for hydroxylation is 2. The Labute approximate surface area is 314 Å². The van der Waals surface area contributed by atoms with E-state index in [0.717, 1.165) is 28.2 Å². The van der Waals surface area contributed by atoms with E-state index in [-0.39, 0.29) is 0 Å². The molecule has 0 radical (unpaired) electrons. The van der Waals surface area contributed by atoms with Gasteiger partial charge in [-0.2, -0.15) is 0 Å². The van der Waals surface area contributed by atoms with Gasteiger partial charge < -0.3 is 4.90 Å². The second kappa shape index (κ2) is 14.2. The fraction of sp³-hybridized carbons (Fsp3) is 0.0769. The average Bonchev–Trinajstić information content (AvgIpc) is 3.50. The van der Waals surface area contributed by atoms with Gasteiger partial charge in [-0.15, -0.1) is 6.42 Å². The zero-order chi connectivity index (χ0) is 36.4. The highest BCUT2D eigenvalue weighted by molar-refractivity contribution is 5.90. The maximum absolute atomic E-state index is 5.56. The Balaban J connectivity index is 1.36. The van der Waals surface area contributed by atoms with Crippen LogP contribution >= 0.6 is 0 Å². The van der Waals surface area contributed by atoms with Crippen molar-refractivity contribution in [2.45, 2.75) is 26.2 Å². The normalized spacial score (nSPS) is 13.0. The first-order valence-electron chi connectivity index (χ1n) is 18.3. The van der Waals surface area contributed by atoms with Crippen molar-refractivity contribution in [3.05, 3.63) is 227 Å². The first-order valence-corrected chi connectivity index (χ1v) is 18.3. The van der Waals surface area contributed by atoms with Crippen molar-refractivity contribution in [2.75, 3.05) is 4.90 Å². The lowest BCUT2D eigenvalue weighted by Gasteiger charge is -2.35. The molecular formula is C52H41N. The Kier molecular flexibility index (Phi) is 8.97. The molecule has 0 spiro atoms. The van der Waals surface area contributed by atoms with E-state index in [0.29, 0.717) is 0 Å². The largest absolute Gasteiger partial charge is 0.310 e. The lowest BCUT2D eigenvalue weighted by atomic mass is 9.67. The molecule has 1 heteroatoms. The van der Waals surface area contributed by atoms with Crippen LogP contribution in [0.25, 0.3) is 27.8 Å². The molecule has 0 aromatic heterocycles. The molecule has 0 amide bonds. The van der Waals surface area contributed by atoms with E-state index in [1.807, 2.05) is 13.0 Å². The number of nitrogens with zero attached hydrogens (tertiary/aromatic N) is 1. The zero-order valence-electron chi connectivity index (χ0n) is 30.4. The molecule has 0 heterocycles. The number of allylic oxidation sites excluding steroid dienone is 4. The van der Waals surface area contributed by atoms with E-state index in [2.05, 4.69) is 201 Å². The van der Waals surface area contributed by atoms with Crippen molar-refractivity contribution >= 4 is 22.6 Å². The summed E-state index contributed by atoms with van der Waals surface area (Å²) >= 11 is 0. The van der Waals surface area contributed by atoms with Crippen LogP contribution in [0.2, 0.25) is 0 Å². The third-order valence-corrected chi connectivity index (χ3v) is 10.7. The molecule has 0 saturated carbocycles. The quantitative estimate of drug-likeness (QED) is 0.114. The van der Waals surface area contributed by atoms with Gasteiger partial charge in [0.2, 0.25) is 0 Å². The van der Waals surface area contributed by atoms with Crippen molar-refractivity contribution in [3.63, 3.8) is 0 Å². The summed E-state index contributed by atoms with van der Waals surface area (Å²) in [5, 5.41) is 0. The van der Waals surface area contributed by atoms with E-state index in [4.69, 9.17) is 6.42 Å². The predicted octanol–water partition coefficient (Wildman–Crippen LogP) is 13.4. The number of fused-ring (bicyclic) bond motifs is 3. The topological polar surface area (TPSA) is 3.24 Å². The summed E-state index contributed by atoms with van der Waals surface area (Å²) in [6.07, 6.45) is 11.4. The molecule has 1 aliphatic rings. The summed E-state index contributed by atoms with van der Waals surface area (Å²) in [6, 6.07) is 62.3. The van der Waals surface area contributed by atoms with E-state index in [9.17, 15) is 0 Å². The van der Waals surface area contributed by atoms with Crippen LogP contribution in [0.5, 0.6) is 0 Å². The van der Waals surface area contributed by atoms with Gasteiger partial charge in [0.25, 0.3) is 0 Å². The SMILES string of the molecule is C#C/C=C\C(=C/C)c1ccc(N(c2ccc(-c3ccccc3C)c(C)c2)c2ccc3c(c2)C(c2ccccc2)(c2ccccc2)c2ccccc2-3)cc1. The summed E-state index contributed by atoms with van der Waals surface area (Å²) in [7, 11) is 0. The fourth-order valence-electron chi connectivity index (χ4n) is 8.28. The number of benzene rings is 7. The van der Waals surface area contributed by atoms with Gasteiger partial charge in [-0.25, -0.2) is 0 Å². The second-order valence-corrected chi connectivity index (χ2v) is 13.7.